The van der Waals surface area contributed by atoms with E-state index in [0.29, 0.717) is 15.7 Å². The number of aromatic nitrogens is 1. The van der Waals surface area contributed by atoms with Crippen LogP contribution in [0.2, 0.25) is 0 Å². The first-order chi connectivity index (χ1) is 11.5. The van der Waals surface area contributed by atoms with Crippen LogP contribution < -0.4 is 16.0 Å². The Morgan fingerprint density at radius 3 is 2.08 bits per heavy atom. The molecule has 25 heavy (non-hydrogen) atoms. The Kier molecular flexibility index (Phi) is 4.93. The molecule has 1 aromatic heterocycles. The molecular weight excluding hydrogens is 347 g/mol. The monoisotopic (exact) mass is 360 g/mol. The third-order valence-corrected chi connectivity index (χ3v) is 3.21. The summed E-state index contributed by atoms with van der Waals surface area (Å²) >= 11 is 0. The summed E-state index contributed by atoms with van der Waals surface area (Å²) in [6.45, 7) is -1.09. The maximum Gasteiger partial charge on any atom is 0.573 e. The number of hydrogen-bond acceptors (Lipinski definition) is 4. The minimum Gasteiger partial charge on any atom is -0.406 e. The molecule has 0 saturated carbocycles. The van der Waals surface area contributed by atoms with E-state index in [4.69, 9.17) is 16.6 Å². The average Bonchev–Trinajstić information content (AvgIpc) is 2.54. The van der Waals surface area contributed by atoms with Crippen LogP contribution in [0.25, 0.3) is 11.1 Å². The molecular formula is C15H13F5N4O. The number of nitrogens with zero attached hydrogens (tertiary/aromatic N) is 1. The third kappa shape index (κ3) is 4.41. The highest BCUT2D eigenvalue weighted by molar-refractivity contribution is 5.89. The van der Waals surface area contributed by atoms with Crippen LogP contribution in [-0.4, -0.2) is 29.2 Å². The highest BCUT2D eigenvalue weighted by Crippen LogP contribution is 2.26. The first kappa shape index (κ1) is 18.6. The van der Waals surface area contributed by atoms with Gasteiger partial charge < -0.3 is 10.5 Å². The van der Waals surface area contributed by atoms with E-state index < -0.39 is 30.4 Å². The lowest BCUT2D eigenvalue weighted by Gasteiger charge is -2.18. The quantitative estimate of drug-likeness (QED) is 0.445. The zero-order valence-corrected chi connectivity index (χ0v) is 12.6. The average molecular weight is 360 g/mol. The molecule has 0 aliphatic rings. The van der Waals surface area contributed by atoms with Crippen LogP contribution >= 0.6 is 0 Å². The maximum absolute atomic E-state index is 13.6. The Morgan fingerprint density at radius 2 is 1.56 bits per heavy atom. The molecule has 1 aromatic carbocycles. The van der Waals surface area contributed by atoms with Gasteiger partial charge in [0.15, 0.2) is 5.84 Å². The third-order valence-electron chi connectivity index (χ3n) is 3.21. The van der Waals surface area contributed by atoms with Crippen LogP contribution in [0.3, 0.4) is 0 Å². The molecule has 0 amide bonds. The summed E-state index contributed by atoms with van der Waals surface area (Å²) in [6.07, 6.45) is -3.70. The van der Waals surface area contributed by atoms with Gasteiger partial charge in [0.05, 0.1) is 6.54 Å². The van der Waals surface area contributed by atoms with E-state index in [9.17, 15) is 22.0 Å². The van der Waals surface area contributed by atoms with Gasteiger partial charge in [-0.25, -0.2) is 0 Å². The Labute approximate surface area is 138 Å². The second-order valence-electron chi connectivity index (χ2n) is 5.00. The minimum absolute atomic E-state index is 0.326. The van der Waals surface area contributed by atoms with Crippen molar-refractivity contribution in [1.82, 2.24) is 4.57 Å². The summed E-state index contributed by atoms with van der Waals surface area (Å²) in [4.78, 5) is 0. The van der Waals surface area contributed by atoms with Crippen molar-refractivity contribution in [3.63, 3.8) is 0 Å². The molecule has 0 spiro atoms. The largest absolute Gasteiger partial charge is 0.573 e. The van der Waals surface area contributed by atoms with Crippen LogP contribution in [0, 0.1) is 10.8 Å². The number of rotatable bonds is 4. The number of pyridine rings is 1. The van der Waals surface area contributed by atoms with Crippen molar-refractivity contribution < 1.29 is 26.7 Å². The number of nitrogens with two attached hydrogens (primary N) is 1. The van der Waals surface area contributed by atoms with Crippen LogP contribution in [0.1, 0.15) is 0 Å². The van der Waals surface area contributed by atoms with Gasteiger partial charge in [0.1, 0.15) is 11.2 Å². The summed E-state index contributed by atoms with van der Waals surface area (Å²) in [7, 11) is 0. The van der Waals surface area contributed by atoms with E-state index in [-0.39, 0.29) is 5.49 Å². The van der Waals surface area contributed by atoms with Gasteiger partial charge in [-0.2, -0.15) is 8.78 Å². The topological polar surface area (TPSA) is 87.9 Å². The molecule has 10 heteroatoms. The number of alkyl halides is 5. The molecule has 0 saturated heterocycles. The molecule has 0 radical (unpaired) electrons. The Balaban J connectivity index is 2.37. The van der Waals surface area contributed by atoms with Gasteiger partial charge in [0, 0.05) is 6.20 Å². The normalized spacial score (nSPS) is 12.1. The molecule has 1 heterocycles. The van der Waals surface area contributed by atoms with Gasteiger partial charge >= 0.3 is 12.3 Å². The number of halogens is 5. The van der Waals surface area contributed by atoms with Crippen molar-refractivity contribution in [2.75, 3.05) is 6.54 Å². The van der Waals surface area contributed by atoms with Crippen molar-refractivity contribution in [2.24, 2.45) is 5.73 Å². The fourth-order valence-electron chi connectivity index (χ4n) is 1.98. The molecule has 2 aromatic rings. The second kappa shape index (κ2) is 6.63. The van der Waals surface area contributed by atoms with E-state index in [1.54, 1.807) is 0 Å². The van der Waals surface area contributed by atoms with Crippen LogP contribution in [0.5, 0.6) is 5.75 Å². The van der Waals surface area contributed by atoms with E-state index in [2.05, 4.69) is 4.74 Å². The fraction of sp³-hybridized carbons (Fsp3) is 0.200. The first-order valence-electron chi connectivity index (χ1n) is 6.84. The summed E-state index contributed by atoms with van der Waals surface area (Å²) in [6, 6.07) is 7.36. The van der Waals surface area contributed by atoms with Gasteiger partial charge in [-0.15, -0.1) is 13.2 Å². The SMILES string of the molecule is N=C(n1cc(-c2ccc(OC(F)(F)F)cc2)ccc1=N)C(F)(F)CN. The number of benzene rings is 1. The predicted octanol–water partition coefficient (Wildman–Crippen LogP) is 2.95. The molecule has 0 aliphatic carbocycles. The first-order valence-corrected chi connectivity index (χ1v) is 6.84. The molecule has 4 N–H and O–H groups in total. The van der Waals surface area contributed by atoms with Gasteiger partial charge in [-0.1, -0.05) is 12.1 Å². The molecule has 0 bridgehead atoms. The van der Waals surface area contributed by atoms with Gasteiger partial charge in [-0.3, -0.25) is 15.4 Å². The van der Waals surface area contributed by atoms with Crippen molar-refractivity contribution in [2.45, 2.75) is 12.3 Å². The lowest BCUT2D eigenvalue weighted by molar-refractivity contribution is -0.274. The minimum atomic E-state index is -4.82. The molecule has 5 nitrogen and oxygen atoms in total. The molecule has 134 valence electrons. The summed E-state index contributed by atoms with van der Waals surface area (Å²) in [5, 5.41) is 15.2. The zero-order valence-electron chi connectivity index (χ0n) is 12.6. The summed E-state index contributed by atoms with van der Waals surface area (Å²) < 4.78 is 68.0. The molecule has 0 fully saturated rings. The molecule has 0 aliphatic heterocycles. The number of hydrogen-bond donors (Lipinski definition) is 3. The van der Waals surface area contributed by atoms with Gasteiger partial charge in [0.2, 0.25) is 0 Å². The lowest BCUT2D eigenvalue weighted by atomic mass is 10.1. The summed E-state index contributed by atoms with van der Waals surface area (Å²) in [5.74, 6) is -5.22. The highest BCUT2D eigenvalue weighted by atomic mass is 19.4. The fourth-order valence-corrected chi connectivity index (χ4v) is 1.98. The Bertz CT molecular complexity index is 827. The standard InChI is InChI=1S/C15H13F5N4O/c16-14(17,8-21)13(23)24-7-10(3-6-12(24)22)9-1-4-11(5-2-9)25-15(18,19)20/h1-7,22-23H,8,21H2. The van der Waals surface area contributed by atoms with E-state index in [1.807, 2.05) is 0 Å². The molecule has 2 rings (SSSR count). The molecule has 0 atom stereocenters. The zero-order chi connectivity index (χ0) is 18.8. The van der Waals surface area contributed by atoms with E-state index in [0.717, 1.165) is 18.3 Å². The van der Waals surface area contributed by atoms with Crippen LogP contribution in [-0.2, 0) is 0 Å². The van der Waals surface area contributed by atoms with Crippen LogP contribution in [0.4, 0.5) is 22.0 Å². The van der Waals surface area contributed by atoms with Crippen molar-refractivity contribution in [3.8, 4) is 16.9 Å². The van der Waals surface area contributed by atoms with Crippen molar-refractivity contribution in [1.29, 1.82) is 10.8 Å². The smallest absolute Gasteiger partial charge is 0.406 e. The van der Waals surface area contributed by atoms with Gasteiger partial charge in [0.25, 0.3) is 0 Å². The van der Waals surface area contributed by atoms with Crippen LogP contribution in [0.15, 0.2) is 42.6 Å². The van der Waals surface area contributed by atoms with Gasteiger partial charge in [-0.05, 0) is 35.4 Å². The van der Waals surface area contributed by atoms with E-state index >= 15 is 0 Å². The highest BCUT2D eigenvalue weighted by Gasteiger charge is 2.34. The maximum atomic E-state index is 13.6. The van der Waals surface area contributed by atoms with Crippen molar-refractivity contribution in [3.05, 3.63) is 48.1 Å². The van der Waals surface area contributed by atoms with Crippen molar-refractivity contribution >= 4 is 5.84 Å². The Morgan fingerprint density at radius 1 is 1.00 bits per heavy atom. The molecule has 0 unspecified atom stereocenters. The number of nitrogens with one attached hydrogen (secondary N) is 2. The van der Waals surface area contributed by atoms with E-state index in [1.165, 1.54) is 24.3 Å². The lowest BCUT2D eigenvalue weighted by Crippen LogP contribution is -2.44. The predicted molar refractivity (Wildman–Crippen MR) is 79.5 cm³/mol. The number of ether oxygens (including phenoxy) is 1. The second-order valence-corrected chi connectivity index (χ2v) is 5.00. The summed E-state index contributed by atoms with van der Waals surface area (Å²) in [5.41, 5.74) is 5.30. The Hall–Kier alpha value is -2.75.